The minimum absolute atomic E-state index is 0.0207. The van der Waals surface area contributed by atoms with Gasteiger partial charge in [0.15, 0.2) is 0 Å². The fourth-order valence-electron chi connectivity index (χ4n) is 2.91. The first-order chi connectivity index (χ1) is 9.43. The molecular formula is C14H21N3O3. The first-order valence-corrected chi connectivity index (χ1v) is 6.73. The molecule has 2 unspecified atom stereocenters. The van der Waals surface area contributed by atoms with Gasteiger partial charge in [-0.15, -0.1) is 0 Å². The summed E-state index contributed by atoms with van der Waals surface area (Å²) >= 11 is 0. The second-order valence-electron chi connectivity index (χ2n) is 5.64. The first-order valence-electron chi connectivity index (χ1n) is 6.73. The molecule has 110 valence electrons. The number of nitro groups is 1. The largest absolute Gasteiger partial charge is 0.391 e. The molecule has 0 saturated carbocycles. The fourth-order valence-corrected chi connectivity index (χ4v) is 2.91. The number of likely N-dealkylation sites (N-methyl/N-ethyl adjacent to an activating group) is 1. The molecule has 0 radical (unpaired) electrons. The Morgan fingerprint density at radius 1 is 1.45 bits per heavy atom. The normalized spacial score (nSPS) is 22.6. The van der Waals surface area contributed by atoms with Crippen LogP contribution in [0.3, 0.4) is 0 Å². The van der Waals surface area contributed by atoms with Gasteiger partial charge in [-0.1, -0.05) is 6.92 Å². The molecule has 0 aromatic heterocycles. The van der Waals surface area contributed by atoms with Crippen molar-refractivity contribution in [2.24, 2.45) is 5.92 Å². The Balaban J connectivity index is 2.24. The van der Waals surface area contributed by atoms with Gasteiger partial charge in [0.25, 0.3) is 5.69 Å². The molecule has 1 aromatic rings. The molecule has 20 heavy (non-hydrogen) atoms. The molecule has 1 fully saturated rings. The summed E-state index contributed by atoms with van der Waals surface area (Å²) in [6, 6.07) is 5.45. The molecule has 1 saturated heterocycles. The van der Waals surface area contributed by atoms with Crippen LogP contribution in [0.1, 0.15) is 12.5 Å². The maximum Gasteiger partial charge on any atom is 0.275 e. The maximum absolute atomic E-state index is 10.9. The van der Waals surface area contributed by atoms with E-state index in [1.54, 1.807) is 12.1 Å². The third-order valence-electron chi connectivity index (χ3n) is 4.03. The lowest BCUT2D eigenvalue weighted by atomic mass is 10.1. The standard InChI is InChI=1S/C14H21N3O3/c1-10-7-16(8-14(10)15(2)3)12-4-5-13(17(19)20)11(6-12)9-18/h4-6,10,14,18H,7-9H2,1-3H3. The molecule has 6 heteroatoms. The average molecular weight is 279 g/mol. The van der Waals surface area contributed by atoms with E-state index in [-0.39, 0.29) is 12.3 Å². The SMILES string of the molecule is CC1CN(c2ccc([N+](=O)[O-])c(CO)c2)CC1N(C)C. The van der Waals surface area contributed by atoms with Crippen LogP contribution < -0.4 is 4.90 Å². The summed E-state index contributed by atoms with van der Waals surface area (Å²) in [6.45, 7) is 3.72. The summed E-state index contributed by atoms with van der Waals surface area (Å²) in [5, 5.41) is 20.2. The van der Waals surface area contributed by atoms with E-state index in [1.165, 1.54) is 6.07 Å². The molecule has 1 heterocycles. The number of nitrogens with zero attached hydrogens (tertiary/aromatic N) is 3. The molecule has 0 spiro atoms. The van der Waals surface area contributed by atoms with Gasteiger partial charge in [-0.25, -0.2) is 0 Å². The summed E-state index contributed by atoms with van der Waals surface area (Å²) in [7, 11) is 4.14. The number of hydrogen-bond acceptors (Lipinski definition) is 5. The number of nitro benzene ring substituents is 1. The minimum Gasteiger partial charge on any atom is -0.391 e. The summed E-state index contributed by atoms with van der Waals surface area (Å²) in [6.07, 6.45) is 0. The van der Waals surface area contributed by atoms with Crippen molar-refractivity contribution < 1.29 is 10.0 Å². The van der Waals surface area contributed by atoms with E-state index in [0.717, 1.165) is 18.8 Å². The van der Waals surface area contributed by atoms with Crippen molar-refractivity contribution >= 4 is 11.4 Å². The van der Waals surface area contributed by atoms with Gasteiger partial charge in [-0.05, 0) is 32.1 Å². The number of aliphatic hydroxyl groups is 1. The maximum atomic E-state index is 10.9. The predicted molar refractivity (Wildman–Crippen MR) is 77.9 cm³/mol. The fraction of sp³-hybridized carbons (Fsp3) is 0.571. The highest BCUT2D eigenvalue weighted by atomic mass is 16.6. The van der Waals surface area contributed by atoms with E-state index in [4.69, 9.17) is 0 Å². The number of anilines is 1. The van der Waals surface area contributed by atoms with Gasteiger partial charge in [-0.3, -0.25) is 10.1 Å². The Labute approximate surface area is 118 Å². The lowest BCUT2D eigenvalue weighted by molar-refractivity contribution is -0.385. The lowest BCUT2D eigenvalue weighted by Gasteiger charge is -2.23. The Morgan fingerprint density at radius 3 is 2.65 bits per heavy atom. The number of hydrogen-bond donors (Lipinski definition) is 1. The van der Waals surface area contributed by atoms with Crippen LogP contribution in [0, 0.1) is 16.0 Å². The lowest BCUT2D eigenvalue weighted by Crippen LogP contribution is -2.34. The van der Waals surface area contributed by atoms with Gasteiger partial charge in [-0.2, -0.15) is 0 Å². The van der Waals surface area contributed by atoms with Crippen molar-refractivity contribution in [3.05, 3.63) is 33.9 Å². The van der Waals surface area contributed by atoms with E-state index in [9.17, 15) is 15.2 Å². The van der Waals surface area contributed by atoms with Crippen molar-refractivity contribution in [3.8, 4) is 0 Å². The Kier molecular flexibility index (Phi) is 4.25. The van der Waals surface area contributed by atoms with Crippen molar-refractivity contribution in [1.82, 2.24) is 4.90 Å². The third-order valence-corrected chi connectivity index (χ3v) is 4.03. The Hall–Kier alpha value is -1.66. The van der Waals surface area contributed by atoms with Crippen LogP contribution >= 0.6 is 0 Å². The average Bonchev–Trinajstić information content (AvgIpc) is 2.80. The van der Waals surface area contributed by atoms with Crippen LogP contribution in [-0.4, -0.2) is 48.2 Å². The van der Waals surface area contributed by atoms with Crippen molar-refractivity contribution in [2.75, 3.05) is 32.1 Å². The highest BCUT2D eigenvalue weighted by molar-refractivity contribution is 5.56. The second kappa shape index (κ2) is 5.76. The van der Waals surface area contributed by atoms with Gasteiger partial charge in [0, 0.05) is 30.9 Å². The third kappa shape index (κ3) is 2.76. The molecule has 1 aromatic carbocycles. The van der Waals surface area contributed by atoms with Crippen LogP contribution in [0.2, 0.25) is 0 Å². The number of rotatable bonds is 4. The number of aliphatic hydroxyl groups excluding tert-OH is 1. The molecule has 6 nitrogen and oxygen atoms in total. The molecule has 1 N–H and O–H groups in total. The highest BCUT2D eigenvalue weighted by Crippen LogP contribution is 2.30. The van der Waals surface area contributed by atoms with Crippen LogP contribution in [0.5, 0.6) is 0 Å². The van der Waals surface area contributed by atoms with E-state index in [2.05, 4.69) is 30.8 Å². The van der Waals surface area contributed by atoms with Gasteiger partial charge < -0.3 is 14.9 Å². The molecule has 1 aliphatic heterocycles. The molecule has 1 aliphatic rings. The van der Waals surface area contributed by atoms with Crippen LogP contribution in [0.15, 0.2) is 18.2 Å². The smallest absolute Gasteiger partial charge is 0.275 e. The van der Waals surface area contributed by atoms with E-state index >= 15 is 0 Å². The monoisotopic (exact) mass is 279 g/mol. The zero-order valence-electron chi connectivity index (χ0n) is 12.1. The molecule has 0 aliphatic carbocycles. The van der Waals surface area contributed by atoms with Crippen LogP contribution in [-0.2, 0) is 6.61 Å². The van der Waals surface area contributed by atoms with Crippen molar-refractivity contribution in [2.45, 2.75) is 19.6 Å². The van der Waals surface area contributed by atoms with Crippen molar-refractivity contribution in [1.29, 1.82) is 0 Å². The zero-order valence-corrected chi connectivity index (χ0v) is 12.1. The topological polar surface area (TPSA) is 69.8 Å². The number of benzene rings is 1. The van der Waals surface area contributed by atoms with E-state index in [1.807, 2.05) is 0 Å². The minimum atomic E-state index is -0.454. The Morgan fingerprint density at radius 2 is 2.15 bits per heavy atom. The van der Waals surface area contributed by atoms with E-state index in [0.29, 0.717) is 17.5 Å². The summed E-state index contributed by atoms with van der Waals surface area (Å²) in [5.41, 5.74) is 1.29. The second-order valence-corrected chi connectivity index (χ2v) is 5.64. The zero-order chi connectivity index (χ0) is 14.9. The van der Waals surface area contributed by atoms with E-state index < -0.39 is 4.92 Å². The van der Waals surface area contributed by atoms with Gasteiger partial charge in [0.1, 0.15) is 0 Å². The van der Waals surface area contributed by atoms with Crippen LogP contribution in [0.4, 0.5) is 11.4 Å². The summed E-state index contributed by atoms with van der Waals surface area (Å²) in [5.74, 6) is 0.540. The highest BCUT2D eigenvalue weighted by Gasteiger charge is 2.31. The predicted octanol–water partition coefficient (Wildman–Crippen LogP) is 1.47. The van der Waals surface area contributed by atoms with Gasteiger partial charge in [0.2, 0.25) is 0 Å². The summed E-state index contributed by atoms with van der Waals surface area (Å²) < 4.78 is 0. The Bertz CT molecular complexity index is 504. The van der Waals surface area contributed by atoms with Crippen molar-refractivity contribution in [3.63, 3.8) is 0 Å². The molecule has 0 bridgehead atoms. The van der Waals surface area contributed by atoms with Gasteiger partial charge >= 0.3 is 0 Å². The quantitative estimate of drug-likeness (QED) is 0.667. The van der Waals surface area contributed by atoms with Gasteiger partial charge in [0.05, 0.1) is 17.1 Å². The molecular weight excluding hydrogens is 258 g/mol. The molecule has 2 atom stereocenters. The first kappa shape index (κ1) is 14.7. The summed E-state index contributed by atoms with van der Waals surface area (Å²) in [4.78, 5) is 14.9. The van der Waals surface area contributed by atoms with Crippen LogP contribution in [0.25, 0.3) is 0 Å². The molecule has 0 amide bonds. The molecule has 2 rings (SSSR count).